The van der Waals surface area contributed by atoms with Gasteiger partial charge in [-0.2, -0.15) is 0 Å². The molecule has 1 aliphatic heterocycles. The fourth-order valence-corrected chi connectivity index (χ4v) is 3.76. The van der Waals surface area contributed by atoms with Crippen LogP contribution in [0.2, 0.25) is 0 Å². The summed E-state index contributed by atoms with van der Waals surface area (Å²) in [6, 6.07) is 7.03. The molecule has 1 aromatic heterocycles. The van der Waals surface area contributed by atoms with E-state index in [-0.39, 0.29) is 6.61 Å². The van der Waals surface area contributed by atoms with Crippen LogP contribution in [-0.4, -0.2) is 41.2 Å². The van der Waals surface area contributed by atoms with Crippen LogP contribution in [0, 0.1) is 0 Å². The SMILES string of the molecule is CN1CC(CO)=C[C@@H]2c3cccc4[nH]cc(c34)CC21. The van der Waals surface area contributed by atoms with Gasteiger partial charge in [-0.25, -0.2) is 0 Å². The Hall–Kier alpha value is -1.58. The Balaban J connectivity index is 1.95. The number of rotatable bonds is 1. The number of benzene rings is 1. The summed E-state index contributed by atoms with van der Waals surface area (Å²) in [5, 5.41) is 10.8. The topological polar surface area (TPSA) is 39.3 Å². The minimum Gasteiger partial charge on any atom is -0.392 e. The van der Waals surface area contributed by atoms with Gasteiger partial charge in [-0.05, 0) is 36.2 Å². The quantitative estimate of drug-likeness (QED) is 0.764. The van der Waals surface area contributed by atoms with Crippen molar-refractivity contribution in [2.75, 3.05) is 20.2 Å². The van der Waals surface area contributed by atoms with Crippen molar-refractivity contribution in [2.45, 2.75) is 18.4 Å². The Morgan fingerprint density at radius 2 is 2.32 bits per heavy atom. The maximum absolute atomic E-state index is 9.45. The zero-order valence-electron chi connectivity index (χ0n) is 11.1. The van der Waals surface area contributed by atoms with E-state index in [4.69, 9.17) is 0 Å². The molecule has 2 heterocycles. The van der Waals surface area contributed by atoms with Gasteiger partial charge in [-0.1, -0.05) is 18.2 Å². The molecule has 0 bridgehead atoms. The fourth-order valence-electron chi connectivity index (χ4n) is 3.76. The van der Waals surface area contributed by atoms with E-state index in [1.807, 2.05) is 0 Å². The number of nitrogens with zero attached hydrogens (tertiary/aromatic N) is 1. The number of hydrogen-bond donors (Lipinski definition) is 2. The second kappa shape index (κ2) is 3.95. The summed E-state index contributed by atoms with van der Waals surface area (Å²) in [6.07, 6.45) is 5.53. The van der Waals surface area contributed by atoms with E-state index >= 15 is 0 Å². The molecule has 3 nitrogen and oxygen atoms in total. The summed E-state index contributed by atoms with van der Waals surface area (Å²) in [6.45, 7) is 1.05. The van der Waals surface area contributed by atoms with Crippen molar-refractivity contribution in [1.29, 1.82) is 0 Å². The first kappa shape index (κ1) is 11.3. The molecule has 3 heteroatoms. The van der Waals surface area contributed by atoms with Gasteiger partial charge in [0.05, 0.1) is 6.61 Å². The number of H-pyrrole nitrogens is 1. The standard InChI is InChI=1S/C16H18N2O/c1-18-8-10(9-19)5-13-12-3-2-4-14-16(12)11(7-17-14)6-15(13)18/h2-5,7,13,15,17,19H,6,8-9H2,1H3/t13-,15?/m1/s1. The molecule has 19 heavy (non-hydrogen) atoms. The summed E-state index contributed by atoms with van der Waals surface area (Å²) in [5.74, 6) is 0.410. The average Bonchev–Trinajstić information content (AvgIpc) is 2.85. The number of aromatic amines is 1. The van der Waals surface area contributed by atoms with E-state index in [1.165, 1.54) is 22.0 Å². The van der Waals surface area contributed by atoms with Gasteiger partial charge in [0.15, 0.2) is 0 Å². The lowest BCUT2D eigenvalue weighted by molar-refractivity contribution is 0.208. The molecule has 0 saturated carbocycles. The van der Waals surface area contributed by atoms with Crippen LogP contribution >= 0.6 is 0 Å². The number of hydrogen-bond acceptors (Lipinski definition) is 2. The van der Waals surface area contributed by atoms with Crippen molar-refractivity contribution in [2.24, 2.45) is 0 Å². The van der Waals surface area contributed by atoms with Crippen LogP contribution in [0.5, 0.6) is 0 Å². The minimum absolute atomic E-state index is 0.170. The molecule has 1 aliphatic carbocycles. The highest BCUT2D eigenvalue weighted by Gasteiger charge is 2.35. The van der Waals surface area contributed by atoms with Crippen LogP contribution in [0.1, 0.15) is 17.0 Å². The largest absolute Gasteiger partial charge is 0.392 e. The predicted molar refractivity (Wildman–Crippen MR) is 76.3 cm³/mol. The van der Waals surface area contributed by atoms with Crippen LogP contribution < -0.4 is 0 Å². The van der Waals surface area contributed by atoms with E-state index in [0.29, 0.717) is 12.0 Å². The third-order valence-corrected chi connectivity index (χ3v) is 4.66. The Labute approximate surface area is 112 Å². The Bertz CT molecular complexity index is 670. The molecular weight excluding hydrogens is 236 g/mol. The Morgan fingerprint density at radius 1 is 1.42 bits per heavy atom. The molecule has 2 aromatic rings. The van der Waals surface area contributed by atoms with Crippen LogP contribution in [0.15, 0.2) is 36.0 Å². The van der Waals surface area contributed by atoms with Crippen molar-refractivity contribution in [3.05, 3.63) is 47.2 Å². The van der Waals surface area contributed by atoms with E-state index in [0.717, 1.165) is 18.5 Å². The zero-order chi connectivity index (χ0) is 13.0. The molecule has 1 unspecified atom stereocenters. The van der Waals surface area contributed by atoms with Gasteiger partial charge in [0, 0.05) is 35.6 Å². The number of aromatic nitrogens is 1. The molecule has 2 aliphatic rings. The average molecular weight is 254 g/mol. The van der Waals surface area contributed by atoms with Gasteiger partial charge in [0.25, 0.3) is 0 Å². The second-order valence-corrected chi connectivity index (χ2v) is 5.78. The Kier molecular flexibility index (Phi) is 2.34. The number of likely N-dealkylation sites (N-methyl/N-ethyl adjacent to an activating group) is 1. The molecule has 0 radical (unpaired) electrons. The maximum Gasteiger partial charge on any atom is 0.0654 e. The highest BCUT2D eigenvalue weighted by Crippen LogP contribution is 2.41. The summed E-state index contributed by atoms with van der Waals surface area (Å²) >= 11 is 0. The molecule has 2 atom stereocenters. The number of fused-ring (bicyclic) bond motifs is 2. The number of aliphatic hydroxyl groups is 1. The van der Waals surface area contributed by atoms with Crippen molar-refractivity contribution in [3.8, 4) is 0 Å². The molecule has 0 amide bonds. The zero-order valence-corrected chi connectivity index (χ0v) is 11.1. The van der Waals surface area contributed by atoms with Gasteiger partial charge >= 0.3 is 0 Å². The first-order valence-electron chi connectivity index (χ1n) is 6.87. The van der Waals surface area contributed by atoms with Gasteiger partial charge < -0.3 is 10.1 Å². The minimum atomic E-state index is 0.170. The lowest BCUT2D eigenvalue weighted by atomic mass is 9.77. The molecule has 0 saturated heterocycles. The first-order valence-corrected chi connectivity index (χ1v) is 6.87. The maximum atomic E-state index is 9.45. The molecular formula is C16H18N2O. The van der Waals surface area contributed by atoms with Crippen LogP contribution in [0.25, 0.3) is 10.9 Å². The van der Waals surface area contributed by atoms with Crippen LogP contribution in [-0.2, 0) is 6.42 Å². The molecule has 0 spiro atoms. The first-order chi connectivity index (χ1) is 9.28. The lowest BCUT2D eigenvalue weighted by Crippen LogP contribution is -2.44. The fraction of sp³-hybridized carbons (Fsp3) is 0.375. The number of aliphatic hydroxyl groups excluding tert-OH is 1. The third-order valence-electron chi connectivity index (χ3n) is 4.66. The van der Waals surface area contributed by atoms with Crippen molar-refractivity contribution >= 4 is 10.9 Å². The van der Waals surface area contributed by atoms with E-state index in [9.17, 15) is 5.11 Å². The van der Waals surface area contributed by atoms with Crippen molar-refractivity contribution in [1.82, 2.24) is 9.88 Å². The molecule has 1 aromatic carbocycles. The third kappa shape index (κ3) is 1.52. The van der Waals surface area contributed by atoms with Crippen molar-refractivity contribution < 1.29 is 5.11 Å². The summed E-state index contributed by atoms with van der Waals surface area (Å²) in [4.78, 5) is 5.76. The van der Waals surface area contributed by atoms with E-state index in [1.54, 1.807) is 0 Å². The van der Waals surface area contributed by atoms with Gasteiger partial charge in [0.2, 0.25) is 0 Å². The molecule has 2 N–H and O–H groups in total. The molecule has 0 fully saturated rings. The monoisotopic (exact) mass is 254 g/mol. The summed E-state index contributed by atoms with van der Waals surface area (Å²) < 4.78 is 0. The lowest BCUT2D eigenvalue weighted by Gasteiger charge is -2.41. The Morgan fingerprint density at radius 3 is 3.16 bits per heavy atom. The van der Waals surface area contributed by atoms with Gasteiger partial charge in [-0.15, -0.1) is 0 Å². The normalized spacial score (nSPS) is 26.3. The highest BCUT2D eigenvalue weighted by molar-refractivity contribution is 5.88. The van der Waals surface area contributed by atoms with Crippen LogP contribution in [0.3, 0.4) is 0 Å². The summed E-state index contributed by atoms with van der Waals surface area (Å²) in [7, 11) is 2.16. The van der Waals surface area contributed by atoms with E-state index in [2.05, 4.69) is 47.4 Å². The summed E-state index contributed by atoms with van der Waals surface area (Å²) in [5.41, 5.74) is 5.21. The van der Waals surface area contributed by atoms with Gasteiger partial charge in [0.1, 0.15) is 0 Å². The molecule has 4 rings (SSSR count). The van der Waals surface area contributed by atoms with Crippen LogP contribution in [0.4, 0.5) is 0 Å². The van der Waals surface area contributed by atoms with Gasteiger partial charge in [-0.3, -0.25) is 4.90 Å². The smallest absolute Gasteiger partial charge is 0.0654 e. The highest BCUT2D eigenvalue weighted by atomic mass is 16.3. The molecule has 98 valence electrons. The van der Waals surface area contributed by atoms with Crippen molar-refractivity contribution in [3.63, 3.8) is 0 Å². The number of nitrogens with one attached hydrogen (secondary N) is 1. The predicted octanol–water partition coefficient (Wildman–Crippen LogP) is 2.04. The second-order valence-electron chi connectivity index (χ2n) is 5.78. The van der Waals surface area contributed by atoms with E-state index < -0.39 is 0 Å².